The number of nitrogens with zero attached hydrogens (tertiary/aromatic N) is 1. The van der Waals surface area contributed by atoms with E-state index < -0.39 is 128 Å². The van der Waals surface area contributed by atoms with Gasteiger partial charge in [-0.3, -0.25) is 14.4 Å². The molecule has 0 aromatic heterocycles. The minimum Gasteiger partial charge on any atom is -0.462 e. The zero-order valence-electron chi connectivity index (χ0n) is 38.6. The second kappa shape index (κ2) is 22.7. The molecule has 0 amide bonds. The molecule has 3 aliphatic heterocycles. The van der Waals surface area contributed by atoms with Crippen LogP contribution in [0.4, 0.5) is 0 Å². The molecule has 2 saturated heterocycles. The third kappa shape index (κ3) is 14.2. The van der Waals surface area contributed by atoms with E-state index in [4.69, 9.17) is 42.0 Å². The van der Waals surface area contributed by atoms with Crippen molar-refractivity contribution >= 4 is 24.2 Å². The molecule has 58 heavy (non-hydrogen) atoms. The SMILES string of the molecule is [2H][13C]([2H])([2H])N(C)[C@@H]1[C@@H](O)[C@H](O[C@H]2[C@@H](CC=O)C[C@@H](C)[C@@H](O)/C=C/C=C/C[C@@H](C)OC(=O)C[C@@H](OC(C)=O)[C@@H]2OC)O[C@H](C)[C@H]1O[C@H]1C[C@@](C)(O)[C@@H](OC(=O)CC(C)C)[C@H](C)O1. The van der Waals surface area contributed by atoms with E-state index in [1.165, 1.54) is 21.1 Å². The van der Waals surface area contributed by atoms with Gasteiger partial charge in [0.2, 0.25) is 0 Å². The van der Waals surface area contributed by atoms with Gasteiger partial charge in [0, 0.05) is 43.8 Å². The Kier molecular flexibility index (Phi) is 17.5. The van der Waals surface area contributed by atoms with Crippen LogP contribution in [0.1, 0.15) is 98.0 Å². The number of carbonyl (C=O) groups excluding carboxylic acids is 4. The Bertz CT molecular complexity index is 1490. The third-order valence-corrected chi connectivity index (χ3v) is 10.8. The highest BCUT2D eigenvalue weighted by Crippen LogP contribution is 2.38. The zero-order valence-corrected chi connectivity index (χ0v) is 35.6. The number of hydrogen-bond donors (Lipinski definition) is 3. The van der Waals surface area contributed by atoms with Gasteiger partial charge in [0.05, 0.1) is 36.9 Å². The van der Waals surface area contributed by atoms with Crippen LogP contribution in [0.2, 0.25) is 0 Å². The molecule has 16 atom stereocenters. The highest BCUT2D eigenvalue weighted by Gasteiger charge is 2.53. The van der Waals surface area contributed by atoms with Gasteiger partial charge in [0.25, 0.3) is 0 Å². The van der Waals surface area contributed by atoms with Gasteiger partial charge in [-0.1, -0.05) is 45.1 Å². The number of allylic oxidation sites excluding steroid dienone is 2. The first-order valence-corrected chi connectivity index (χ1v) is 20.2. The standard InChI is InChI=1S/C42H69NO15/c1-23(2)19-32(47)56-40-27(6)53-34(22-42(40,8)50)57-37-26(5)54-41(36(49)35(37)43(9)10)58-38-29(17-18-44)20-24(3)30(46)16-14-12-13-15-25(4)52-33(48)21-31(39(38)51-11)55-28(7)45/h12-14,16,18,23-27,29-31,34-41,46,49-50H,15,17,19-22H2,1-11H3/b13-12+,16-14+/t24-,25-,26-,27+,29+,30+,31-,34+,35-,36-,37-,38+,39+,40+,41+,42-/m1/s1/i9+1D3. The molecule has 16 heteroatoms. The normalized spacial score (nSPS) is 41.7. The second-order valence-corrected chi connectivity index (χ2v) is 16.6. The van der Waals surface area contributed by atoms with Crippen molar-refractivity contribution in [1.29, 1.82) is 0 Å². The summed E-state index contributed by atoms with van der Waals surface area (Å²) in [5.74, 6) is -3.27. The lowest BCUT2D eigenvalue weighted by molar-refractivity contribution is -0.344. The second-order valence-electron chi connectivity index (χ2n) is 16.6. The average molecular weight is 832 g/mol. The molecule has 3 rings (SSSR count). The molecule has 0 aliphatic carbocycles. The summed E-state index contributed by atoms with van der Waals surface area (Å²) in [6.45, 7) is 10.2. The van der Waals surface area contributed by atoms with Crippen LogP contribution in [0.5, 0.6) is 0 Å². The smallest absolute Gasteiger partial charge is 0.309 e. The Morgan fingerprint density at radius 1 is 1.07 bits per heavy atom. The van der Waals surface area contributed by atoms with E-state index in [2.05, 4.69) is 0 Å². The fourth-order valence-electron chi connectivity index (χ4n) is 7.93. The van der Waals surface area contributed by atoms with E-state index in [-0.39, 0.29) is 31.6 Å². The van der Waals surface area contributed by atoms with Crippen LogP contribution in [0.3, 0.4) is 0 Å². The van der Waals surface area contributed by atoms with Crippen molar-refractivity contribution in [3.05, 3.63) is 24.3 Å². The lowest BCUT2D eigenvalue weighted by atomic mass is 9.82. The minimum atomic E-state index is -2.79. The summed E-state index contributed by atoms with van der Waals surface area (Å²) in [6.07, 6.45) is -7.12. The van der Waals surface area contributed by atoms with Gasteiger partial charge in [-0.25, -0.2) is 0 Å². The Morgan fingerprint density at radius 2 is 1.78 bits per heavy atom. The van der Waals surface area contributed by atoms with E-state index in [1.807, 2.05) is 13.8 Å². The third-order valence-electron chi connectivity index (χ3n) is 10.8. The molecule has 0 spiro atoms. The molecular formula is C42H69NO15. The summed E-state index contributed by atoms with van der Waals surface area (Å²) < 4.78 is 73.1. The van der Waals surface area contributed by atoms with Gasteiger partial charge >= 0.3 is 17.9 Å². The molecule has 0 bridgehead atoms. The van der Waals surface area contributed by atoms with E-state index in [0.717, 1.165) is 11.8 Å². The van der Waals surface area contributed by atoms with E-state index >= 15 is 0 Å². The largest absolute Gasteiger partial charge is 0.462 e. The highest BCUT2D eigenvalue weighted by atomic mass is 16.7. The van der Waals surface area contributed by atoms with Crippen LogP contribution in [0.25, 0.3) is 0 Å². The van der Waals surface area contributed by atoms with Crippen molar-refractivity contribution < 1.29 is 76.5 Å². The molecule has 3 N–H and O–H groups in total. The van der Waals surface area contributed by atoms with E-state index in [9.17, 15) is 34.5 Å². The van der Waals surface area contributed by atoms with Crippen LogP contribution in [0, 0.1) is 17.8 Å². The van der Waals surface area contributed by atoms with Crippen LogP contribution < -0.4 is 0 Å². The van der Waals surface area contributed by atoms with Crippen molar-refractivity contribution in [2.24, 2.45) is 17.8 Å². The van der Waals surface area contributed by atoms with Crippen LogP contribution in [-0.4, -0.2) is 151 Å². The number of likely N-dealkylation sites (N-methyl/N-ethyl adjacent to an activating group) is 1. The first kappa shape index (κ1) is 44.7. The molecule has 2 fully saturated rings. The number of ether oxygens (including phenoxy) is 8. The molecule has 0 aromatic rings. The molecule has 0 saturated carbocycles. The summed E-state index contributed by atoms with van der Waals surface area (Å²) in [5.41, 5.74) is -1.63. The van der Waals surface area contributed by atoms with E-state index in [0.29, 0.717) is 12.7 Å². The number of aliphatic hydroxyl groups is 3. The predicted molar refractivity (Wildman–Crippen MR) is 210 cm³/mol. The number of aldehydes is 1. The number of cyclic esters (lactones) is 1. The van der Waals surface area contributed by atoms with Gasteiger partial charge in [0.1, 0.15) is 42.4 Å². The van der Waals surface area contributed by atoms with Gasteiger partial charge in [-0.05, 0) is 65.9 Å². The Labute approximate surface area is 347 Å². The average Bonchev–Trinajstić information content (AvgIpc) is 3.12. The molecule has 0 aromatic carbocycles. The van der Waals surface area contributed by atoms with Gasteiger partial charge in [-0.2, -0.15) is 0 Å². The number of hydrogen-bond acceptors (Lipinski definition) is 16. The monoisotopic (exact) mass is 831 g/mol. The van der Waals surface area contributed by atoms with Crippen molar-refractivity contribution in [3.63, 3.8) is 0 Å². The maximum Gasteiger partial charge on any atom is 0.309 e. The first-order valence-electron chi connectivity index (χ1n) is 21.7. The predicted octanol–water partition coefficient (Wildman–Crippen LogP) is 3.01. The molecule has 0 unspecified atom stereocenters. The zero-order chi connectivity index (χ0) is 46.0. The molecule has 3 heterocycles. The van der Waals surface area contributed by atoms with Gasteiger partial charge < -0.3 is 62.9 Å². The summed E-state index contributed by atoms with van der Waals surface area (Å²) >= 11 is 0. The molecule has 16 nitrogen and oxygen atoms in total. The lowest BCUT2D eigenvalue weighted by Gasteiger charge is -2.50. The van der Waals surface area contributed by atoms with Crippen LogP contribution >= 0.6 is 0 Å². The van der Waals surface area contributed by atoms with Crippen molar-refractivity contribution in [3.8, 4) is 0 Å². The Hall–Kier alpha value is -2.80. The van der Waals surface area contributed by atoms with Crippen molar-refractivity contribution in [2.75, 3.05) is 21.1 Å². The van der Waals surface area contributed by atoms with E-state index in [1.54, 1.807) is 52.0 Å². The maximum atomic E-state index is 13.3. The molecule has 0 radical (unpaired) electrons. The Balaban J connectivity index is 2.06. The minimum absolute atomic E-state index is 0.0207. The number of carbonyl (C=O) groups is 4. The lowest BCUT2D eigenvalue weighted by Crippen LogP contribution is -2.66. The number of aliphatic hydroxyl groups excluding tert-OH is 2. The van der Waals surface area contributed by atoms with Gasteiger partial charge in [0.15, 0.2) is 18.7 Å². The summed E-state index contributed by atoms with van der Waals surface area (Å²) in [4.78, 5) is 51.6. The molecule has 3 aliphatic rings. The maximum absolute atomic E-state index is 13.3. The van der Waals surface area contributed by atoms with Crippen molar-refractivity contribution in [1.82, 2.24) is 4.90 Å². The Morgan fingerprint density at radius 3 is 2.38 bits per heavy atom. The molecule has 332 valence electrons. The number of methoxy groups -OCH3 is 1. The topological polar surface area (TPSA) is 206 Å². The summed E-state index contributed by atoms with van der Waals surface area (Å²) in [7, 11) is 2.56. The van der Waals surface area contributed by atoms with Crippen LogP contribution in [0.15, 0.2) is 24.3 Å². The fourth-order valence-corrected chi connectivity index (χ4v) is 7.93. The molecular weight excluding hydrogens is 759 g/mol. The van der Waals surface area contributed by atoms with Crippen molar-refractivity contribution in [2.45, 2.75) is 179 Å². The highest BCUT2D eigenvalue weighted by molar-refractivity contribution is 5.72. The fraction of sp³-hybridized carbons (Fsp3) is 0.810. The first-order chi connectivity index (χ1) is 28.4. The van der Waals surface area contributed by atoms with Gasteiger partial charge in [-0.15, -0.1) is 0 Å². The van der Waals surface area contributed by atoms with Crippen LogP contribution in [-0.2, 0) is 57.1 Å². The summed E-state index contributed by atoms with van der Waals surface area (Å²) in [5, 5.41) is 34.8. The quantitative estimate of drug-likeness (QED) is 0.112. The number of esters is 3. The number of rotatable bonds is 12. The summed E-state index contributed by atoms with van der Waals surface area (Å²) in [6, 6.07) is -1.39.